The molecular weight excluding hydrogens is 277 g/mol. The first-order chi connectivity index (χ1) is 7.16. The zero-order valence-electron chi connectivity index (χ0n) is 7.78. The van der Waals surface area contributed by atoms with Gasteiger partial charge < -0.3 is 5.73 Å². The zero-order chi connectivity index (χ0) is 10.8. The van der Waals surface area contributed by atoms with Gasteiger partial charge in [0.1, 0.15) is 5.82 Å². The first kappa shape index (κ1) is 10.8. The van der Waals surface area contributed by atoms with Crippen molar-refractivity contribution in [1.82, 2.24) is 0 Å². The molecule has 0 fully saturated rings. The lowest BCUT2D eigenvalue weighted by molar-refractivity contribution is 0.624. The zero-order valence-corrected chi connectivity index (χ0v) is 10.2. The van der Waals surface area contributed by atoms with Crippen LogP contribution in [0.25, 0.3) is 0 Å². The van der Waals surface area contributed by atoms with E-state index >= 15 is 0 Å². The Morgan fingerprint density at radius 1 is 1.27 bits per heavy atom. The van der Waals surface area contributed by atoms with E-state index in [0.717, 1.165) is 14.2 Å². The van der Waals surface area contributed by atoms with E-state index in [-0.39, 0.29) is 11.9 Å². The molecule has 0 aliphatic heterocycles. The Morgan fingerprint density at radius 2 is 2.07 bits per heavy atom. The quantitative estimate of drug-likeness (QED) is 0.895. The molecule has 2 rings (SSSR count). The topological polar surface area (TPSA) is 26.0 Å². The molecule has 0 saturated heterocycles. The number of nitrogens with two attached hydrogens (primary N) is 1. The van der Waals surface area contributed by atoms with Crippen molar-refractivity contribution in [3.8, 4) is 0 Å². The first-order valence-electron chi connectivity index (χ1n) is 4.43. The van der Waals surface area contributed by atoms with Crippen LogP contribution < -0.4 is 5.73 Å². The summed E-state index contributed by atoms with van der Waals surface area (Å²) in [5, 5.41) is 0. The second-order valence-corrected chi connectivity index (χ2v) is 5.67. The van der Waals surface area contributed by atoms with Crippen molar-refractivity contribution in [2.45, 2.75) is 6.04 Å². The lowest BCUT2D eigenvalue weighted by atomic mass is 10.1. The van der Waals surface area contributed by atoms with Crippen LogP contribution in [0.2, 0.25) is 0 Å². The highest BCUT2D eigenvalue weighted by molar-refractivity contribution is 9.11. The van der Waals surface area contributed by atoms with Crippen molar-refractivity contribution in [2.75, 3.05) is 0 Å². The van der Waals surface area contributed by atoms with E-state index in [1.807, 2.05) is 18.2 Å². The predicted molar refractivity (Wildman–Crippen MR) is 64.4 cm³/mol. The first-order valence-corrected chi connectivity index (χ1v) is 6.04. The maximum atomic E-state index is 13.0. The van der Waals surface area contributed by atoms with Gasteiger partial charge in [0.2, 0.25) is 0 Å². The highest BCUT2D eigenvalue weighted by Gasteiger charge is 2.11. The third-order valence-electron chi connectivity index (χ3n) is 2.11. The number of hydrogen-bond donors (Lipinski definition) is 1. The fraction of sp³-hybridized carbons (Fsp3) is 0.0909. The third kappa shape index (κ3) is 2.45. The van der Waals surface area contributed by atoms with E-state index in [4.69, 9.17) is 5.73 Å². The Morgan fingerprint density at radius 3 is 2.67 bits per heavy atom. The van der Waals surface area contributed by atoms with Crippen LogP contribution in [0, 0.1) is 5.82 Å². The molecule has 1 heterocycles. The summed E-state index contributed by atoms with van der Waals surface area (Å²) in [7, 11) is 0. The molecule has 0 aliphatic carbocycles. The van der Waals surface area contributed by atoms with Crippen LogP contribution >= 0.6 is 27.3 Å². The maximum absolute atomic E-state index is 13.0. The Kier molecular flexibility index (Phi) is 3.19. The van der Waals surface area contributed by atoms with Gasteiger partial charge in [0.15, 0.2) is 0 Å². The van der Waals surface area contributed by atoms with Crippen LogP contribution in [0.15, 0.2) is 40.2 Å². The minimum Gasteiger partial charge on any atom is -0.320 e. The van der Waals surface area contributed by atoms with Gasteiger partial charge in [0.05, 0.1) is 9.83 Å². The monoisotopic (exact) mass is 285 g/mol. The van der Waals surface area contributed by atoms with Gasteiger partial charge in [0.25, 0.3) is 0 Å². The Hall–Kier alpha value is -0.710. The highest BCUT2D eigenvalue weighted by Crippen LogP contribution is 2.29. The second-order valence-electron chi connectivity index (χ2n) is 3.17. The highest BCUT2D eigenvalue weighted by atomic mass is 79.9. The Labute approximate surface area is 99.9 Å². The van der Waals surface area contributed by atoms with Crippen LogP contribution in [0.5, 0.6) is 0 Å². The van der Waals surface area contributed by atoms with Gasteiger partial charge in [0, 0.05) is 4.88 Å². The average molecular weight is 286 g/mol. The Bertz CT molecular complexity index is 469. The number of thiophene rings is 1. The molecule has 1 atom stereocenters. The molecule has 1 nitrogen and oxygen atoms in total. The van der Waals surface area contributed by atoms with E-state index in [1.54, 1.807) is 17.4 Å². The summed E-state index contributed by atoms with van der Waals surface area (Å²) in [5.41, 5.74) is 6.82. The molecule has 0 aliphatic rings. The molecule has 0 amide bonds. The summed E-state index contributed by atoms with van der Waals surface area (Å²) < 4.78 is 14.0. The van der Waals surface area contributed by atoms with Gasteiger partial charge in [-0.1, -0.05) is 12.1 Å². The molecule has 0 bridgehead atoms. The normalized spacial score (nSPS) is 12.7. The number of rotatable bonds is 2. The maximum Gasteiger partial charge on any atom is 0.123 e. The molecule has 2 N–H and O–H groups in total. The molecule has 1 unspecified atom stereocenters. The van der Waals surface area contributed by atoms with Crippen LogP contribution in [-0.4, -0.2) is 0 Å². The van der Waals surface area contributed by atoms with E-state index < -0.39 is 0 Å². The van der Waals surface area contributed by atoms with Gasteiger partial charge in [-0.25, -0.2) is 4.39 Å². The van der Waals surface area contributed by atoms with Crippen molar-refractivity contribution in [3.05, 3.63) is 56.4 Å². The van der Waals surface area contributed by atoms with Crippen molar-refractivity contribution < 1.29 is 4.39 Å². The van der Waals surface area contributed by atoms with Crippen LogP contribution in [0.3, 0.4) is 0 Å². The Balaban J connectivity index is 2.32. The fourth-order valence-corrected chi connectivity index (χ4v) is 2.81. The number of halogens is 2. The molecule has 1 aromatic heterocycles. The number of hydrogen-bond acceptors (Lipinski definition) is 2. The van der Waals surface area contributed by atoms with Crippen molar-refractivity contribution in [3.63, 3.8) is 0 Å². The average Bonchev–Trinajstić information content (AvgIpc) is 2.64. The summed E-state index contributed by atoms with van der Waals surface area (Å²) in [4.78, 5) is 1.02. The molecule has 0 radical (unpaired) electrons. The second kappa shape index (κ2) is 4.43. The van der Waals surface area contributed by atoms with E-state index in [2.05, 4.69) is 15.9 Å². The van der Waals surface area contributed by atoms with E-state index in [9.17, 15) is 4.39 Å². The summed E-state index contributed by atoms with van der Waals surface area (Å²) in [6.07, 6.45) is 0. The fourth-order valence-electron chi connectivity index (χ4n) is 1.36. The van der Waals surface area contributed by atoms with Crippen molar-refractivity contribution >= 4 is 27.3 Å². The predicted octanol–water partition coefficient (Wildman–Crippen LogP) is 3.70. The molecule has 4 heteroatoms. The molecule has 15 heavy (non-hydrogen) atoms. The van der Waals surface area contributed by atoms with Crippen LogP contribution in [0.1, 0.15) is 16.5 Å². The van der Waals surface area contributed by atoms with Gasteiger partial charge in [-0.3, -0.25) is 0 Å². The lowest BCUT2D eigenvalue weighted by Crippen LogP contribution is -2.10. The summed E-state index contributed by atoms with van der Waals surface area (Å²) >= 11 is 4.94. The molecular formula is C11H9BrFNS. The smallest absolute Gasteiger partial charge is 0.123 e. The standard InChI is InChI=1S/C11H9BrFNS/c12-10-5-4-9(15-10)11(14)7-2-1-3-8(13)6-7/h1-6,11H,14H2. The van der Waals surface area contributed by atoms with Crippen LogP contribution in [0.4, 0.5) is 4.39 Å². The van der Waals surface area contributed by atoms with Gasteiger partial charge in [-0.15, -0.1) is 11.3 Å². The lowest BCUT2D eigenvalue weighted by Gasteiger charge is -2.09. The summed E-state index contributed by atoms with van der Waals surface area (Å²) in [6, 6.07) is 10.0. The minimum absolute atomic E-state index is 0.251. The molecule has 0 spiro atoms. The van der Waals surface area contributed by atoms with Crippen molar-refractivity contribution in [2.24, 2.45) is 5.73 Å². The van der Waals surface area contributed by atoms with Gasteiger partial charge >= 0.3 is 0 Å². The molecule has 0 saturated carbocycles. The molecule has 2 aromatic rings. The molecule has 78 valence electrons. The van der Waals surface area contributed by atoms with Gasteiger partial charge in [-0.05, 0) is 45.8 Å². The largest absolute Gasteiger partial charge is 0.320 e. The summed E-state index contributed by atoms with van der Waals surface area (Å²) in [5.74, 6) is -0.251. The third-order valence-corrected chi connectivity index (χ3v) is 3.82. The minimum atomic E-state index is -0.253. The summed E-state index contributed by atoms with van der Waals surface area (Å²) in [6.45, 7) is 0. The molecule has 1 aromatic carbocycles. The van der Waals surface area contributed by atoms with E-state index in [1.165, 1.54) is 12.1 Å². The van der Waals surface area contributed by atoms with Gasteiger partial charge in [-0.2, -0.15) is 0 Å². The van der Waals surface area contributed by atoms with Crippen molar-refractivity contribution in [1.29, 1.82) is 0 Å². The SMILES string of the molecule is NC(c1cccc(F)c1)c1ccc(Br)s1. The van der Waals surface area contributed by atoms with Crippen LogP contribution in [-0.2, 0) is 0 Å². The number of benzene rings is 1. The van der Waals surface area contributed by atoms with E-state index in [0.29, 0.717) is 0 Å².